The second-order valence-electron chi connectivity index (χ2n) is 4.13. The molecule has 1 N–H and O–H groups in total. The summed E-state index contributed by atoms with van der Waals surface area (Å²) < 4.78 is 0. The van der Waals surface area contributed by atoms with Crippen molar-refractivity contribution < 1.29 is 0 Å². The minimum Gasteiger partial charge on any atom is -0.366 e. The van der Waals surface area contributed by atoms with E-state index in [1.165, 1.54) is 11.3 Å². The highest BCUT2D eigenvalue weighted by Crippen LogP contribution is 2.28. The standard InChI is InChI=1S/C12H17ClN2/c1-9-8-14-6-7-15(9)12-5-3-4-11(13)10(12)2/h3-5,9,14H,6-8H2,1-2H3/t9-/m0/s1. The minimum atomic E-state index is 0.538. The Kier molecular flexibility index (Phi) is 3.17. The number of nitrogens with zero attached hydrogens (tertiary/aromatic N) is 1. The summed E-state index contributed by atoms with van der Waals surface area (Å²) in [5.41, 5.74) is 2.46. The van der Waals surface area contributed by atoms with Crippen LogP contribution < -0.4 is 10.2 Å². The van der Waals surface area contributed by atoms with Crippen LogP contribution in [0.15, 0.2) is 18.2 Å². The first-order chi connectivity index (χ1) is 7.20. The zero-order valence-electron chi connectivity index (χ0n) is 9.26. The van der Waals surface area contributed by atoms with Gasteiger partial charge in [-0.05, 0) is 31.5 Å². The molecular formula is C12H17ClN2. The minimum absolute atomic E-state index is 0.538. The maximum absolute atomic E-state index is 6.14. The van der Waals surface area contributed by atoms with Gasteiger partial charge < -0.3 is 10.2 Å². The van der Waals surface area contributed by atoms with Crippen LogP contribution in [0.2, 0.25) is 5.02 Å². The average Bonchev–Trinajstić information content (AvgIpc) is 2.23. The Bertz CT molecular complexity index is 351. The van der Waals surface area contributed by atoms with Crippen LogP contribution in [-0.2, 0) is 0 Å². The fraction of sp³-hybridized carbons (Fsp3) is 0.500. The van der Waals surface area contributed by atoms with E-state index in [9.17, 15) is 0 Å². The van der Waals surface area contributed by atoms with E-state index in [4.69, 9.17) is 11.6 Å². The Morgan fingerprint density at radius 1 is 1.47 bits per heavy atom. The molecule has 0 aromatic heterocycles. The third-order valence-corrected chi connectivity index (χ3v) is 3.46. The molecule has 2 rings (SSSR count). The topological polar surface area (TPSA) is 15.3 Å². The Balaban J connectivity index is 2.31. The van der Waals surface area contributed by atoms with Crippen LogP contribution in [0.4, 0.5) is 5.69 Å². The summed E-state index contributed by atoms with van der Waals surface area (Å²) in [6.45, 7) is 7.49. The normalized spacial score (nSPS) is 21.8. The first kappa shape index (κ1) is 10.8. The highest BCUT2D eigenvalue weighted by Gasteiger charge is 2.19. The molecule has 1 heterocycles. The summed E-state index contributed by atoms with van der Waals surface area (Å²) in [6, 6.07) is 6.67. The number of hydrogen-bond acceptors (Lipinski definition) is 2. The summed E-state index contributed by atoms with van der Waals surface area (Å²) in [7, 11) is 0. The number of hydrogen-bond donors (Lipinski definition) is 1. The van der Waals surface area contributed by atoms with Crippen molar-refractivity contribution in [3.63, 3.8) is 0 Å². The highest BCUT2D eigenvalue weighted by atomic mass is 35.5. The third-order valence-electron chi connectivity index (χ3n) is 3.05. The molecule has 0 radical (unpaired) electrons. The molecule has 0 spiro atoms. The zero-order valence-corrected chi connectivity index (χ0v) is 10.0. The van der Waals surface area contributed by atoms with Crippen LogP contribution in [0.3, 0.4) is 0 Å². The van der Waals surface area contributed by atoms with E-state index in [2.05, 4.69) is 30.1 Å². The van der Waals surface area contributed by atoms with Crippen molar-refractivity contribution in [1.29, 1.82) is 0 Å². The molecule has 0 saturated carbocycles. The van der Waals surface area contributed by atoms with E-state index in [-0.39, 0.29) is 0 Å². The van der Waals surface area contributed by atoms with Gasteiger partial charge in [0.15, 0.2) is 0 Å². The van der Waals surface area contributed by atoms with Gasteiger partial charge in [-0.25, -0.2) is 0 Å². The highest BCUT2D eigenvalue weighted by molar-refractivity contribution is 6.31. The fourth-order valence-corrected chi connectivity index (χ4v) is 2.28. The summed E-state index contributed by atoms with van der Waals surface area (Å²) in [5.74, 6) is 0. The van der Waals surface area contributed by atoms with E-state index in [1.54, 1.807) is 0 Å². The SMILES string of the molecule is Cc1c(Cl)cccc1N1CCNC[C@@H]1C. The van der Waals surface area contributed by atoms with Crippen molar-refractivity contribution in [2.75, 3.05) is 24.5 Å². The van der Waals surface area contributed by atoms with Crippen molar-refractivity contribution in [2.45, 2.75) is 19.9 Å². The smallest absolute Gasteiger partial charge is 0.0455 e. The van der Waals surface area contributed by atoms with E-state index >= 15 is 0 Å². The van der Waals surface area contributed by atoms with Gasteiger partial charge in [0.25, 0.3) is 0 Å². The largest absolute Gasteiger partial charge is 0.366 e. The molecule has 0 aliphatic carbocycles. The van der Waals surface area contributed by atoms with Crippen LogP contribution in [0.1, 0.15) is 12.5 Å². The lowest BCUT2D eigenvalue weighted by atomic mass is 10.1. The van der Waals surface area contributed by atoms with Gasteiger partial charge in [0.1, 0.15) is 0 Å². The predicted molar refractivity (Wildman–Crippen MR) is 65.9 cm³/mol. The van der Waals surface area contributed by atoms with Crippen LogP contribution in [0.5, 0.6) is 0 Å². The van der Waals surface area contributed by atoms with Gasteiger partial charge in [0.05, 0.1) is 0 Å². The van der Waals surface area contributed by atoms with E-state index < -0.39 is 0 Å². The van der Waals surface area contributed by atoms with Gasteiger partial charge in [-0.15, -0.1) is 0 Å². The Morgan fingerprint density at radius 2 is 2.27 bits per heavy atom. The molecule has 2 nitrogen and oxygen atoms in total. The predicted octanol–water partition coefficient (Wildman–Crippen LogP) is 2.45. The van der Waals surface area contributed by atoms with Gasteiger partial charge in [0, 0.05) is 36.4 Å². The van der Waals surface area contributed by atoms with E-state index in [0.717, 1.165) is 24.7 Å². The van der Waals surface area contributed by atoms with Gasteiger partial charge in [-0.3, -0.25) is 0 Å². The summed E-state index contributed by atoms with van der Waals surface area (Å²) in [5, 5.41) is 4.25. The second kappa shape index (κ2) is 4.42. The molecule has 0 amide bonds. The average molecular weight is 225 g/mol. The number of anilines is 1. The quantitative estimate of drug-likeness (QED) is 0.789. The van der Waals surface area contributed by atoms with E-state index in [1.807, 2.05) is 12.1 Å². The molecule has 1 fully saturated rings. The van der Waals surface area contributed by atoms with Crippen LogP contribution in [-0.4, -0.2) is 25.7 Å². The second-order valence-corrected chi connectivity index (χ2v) is 4.54. The van der Waals surface area contributed by atoms with Gasteiger partial charge in [0.2, 0.25) is 0 Å². The van der Waals surface area contributed by atoms with Crippen LogP contribution >= 0.6 is 11.6 Å². The van der Waals surface area contributed by atoms with Gasteiger partial charge in [-0.1, -0.05) is 17.7 Å². The molecule has 1 aliphatic heterocycles. The van der Waals surface area contributed by atoms with Crippen molar-refractivity contribution >= 4 is 17.3 Å². The molecule has 1 aromatic carbocycles. The van der Waals surface area contributed by atoms with Crippen molar-refractivity contribution in [1.82, 2.24) is 5.32 Å². The Morgan fingerprint density at radius 3 is 3.00 bits per heavy atom. The number of halogens is 1. The zero-order chi connectivity index (χ0) is 10.8. The molecular weight excluding hydrogens is 208 g/mol. The number of nitrogens with one attached hydrogen (secondary N) is 1. The molecule has 0 unspecified atom stereocenters. The summed E-state index contributed by atoms with van der Waals surface area (Å²) >= 11 is 6.14. The lowest BCUT2D eigenvalue weighted by Crippen LogP contribution is -2.50. The van der Waals surface area contributed by atoms with E-state index in [0.29, 0.717) is 6.04 Å². The molecule has 1 aliphatic rings. The molecule has 1 saturated heterocycles. The van der Waals surface area contributed by atoms with Crippen LogP contribution in [0.25, 0.3) is 0 Å². The third kappa shape index (κ3) is 2.11. The Hall–Kier alpha value is -0.730. The maximum Gasteiger partial charge on any atom is 0.0455 e. The Labute approximate surface area is 96.2 Å². The molecule has 0 bridgehead atoms. The first-order valence-electron chi connectivity index (χ1n) is 5.42. The van der Waals surface area contributed by atoms with Crippen molar-refractivity contribution in [3.05, 3.63) is 28.8 Å². The fourth-order valence-electron chi connectivity index (χ4n) is 2.11. The first-order valence-corrected chi connectivity index (χ1v) is 5.80. The lowest BCUT2D eigenvalue weighted by molar-refractivity contribution is 0.500. The van der Waals surface area contributed by atoms with Gasteiger partial charge in [-0.2, -0.15) is 0 Å². The molecule has 1 aromatic rings. The summed E-state index contributed by atoms with van der Waals surface area (Å²) in [6.07, 6.45) is 0. The van der Waals surface area contributed by atoms with Crippen LogP contribution in [0, 0.1) is 6.92 Å². The molecule has 15 heavy (non-hydrogen) atoms. The number of benzene rings is 1. The van der Waals surface area contributed by atoms with Crippen molar-refractivity contribution in [3.8, 4) is 0 Å². The van der Waals surface area contributed by atoms with Crippen molar-refractivity contribution in [2.24, 2.45) is 0 Å². The monoisotopic (exact) mass is 224 g/mol. The molecule has 3 heteroatoms. The summed E-state index contributed by atoms with van der Waals surface area (Å²) in [4.78, 5) is 2.43. The maximum atomic E-state index is 6.14. The molecule has 82 valence electrons. The number of rotatable bonds is 1. The lowest BCUT2D eigenvalue weighted by Gasteiger charge is -2.37. The number of piperazine rings is 1. The molecule has 1 atom stereocenters. The van der Waals surface area contributed by atoms with Gasteiger partial charge >= 0.3 is 0 Å².